The van der Waals surface area contributed by atoms with E-state index < -0.39 is 16.7 Å². The first-order valence-corrected chi connectivity index (χ1v) is 10.7. The quantitative estimate of drug-likeness (QED) is 0.580. The van der Waals surface area contributed by atoms with E-state index in [1.807, 2.05) is 6.07 Å². The number of nitro groups is 1. The monoisotopic (exact) mass is 420 g/mol. The van der Waals surface area contributed by atoms with Gasteiger partial charge in [-0.1, -0.05) is 0 Å². The lowest BCUT2D eigenvalue weighted by atomic mass is 9.48. The van der Waals surface area contributed by atoms with Crippen molar-refractivity contribution in [3.63, 3.8) is 0 Å². The predicted octanol–water partition coefficient (Wildman–Crippen LogP) is 3.53. The Balaban J connectivity index is 1.26. The molecule has 4 bridgehead atoms. The molecule has 8 heteroatoms. The van der Waals surface area contributed by atoms with Gasteiger partial charge in [0.1, 0.15) is 0 Å². The van der Waals surface area contributed by atoms with Gasteiger partial charge in [0.25, 0.3) is 17.5 Å². The number of non-ortho nitro benzene ring substituents is 1. The van der Waals surface area contributed by atoms with Gasteiger partial charge >= 0.3 is 0 Å². The molecule has 0 spiro atoms. The van der Waals surface area contributed by atoms with Gasteiger partial charge in [-0.05, 0) is 80.5 Å². The topological polar surface area (TPSA) is 114 Å². The van der Waals surface area contributed by atoms with Crippen LogP contribution < -0.4 is 10.9 Å². The first-order chi connectivity index (χ1) is 14.9. The highest BCUT2D eigenvalue weighted by atomic mass is 16.6. The van der Waals surface area contributed by atoms with E-state index in [9.17, 15) is 19.7 Å². The van der Waals surface area contributed by atoms with Crippen molar-refractivity contribution in [1.29, 1.82) is 0 Å². The van der Waals surface area contributed by atoms with Gasteiger partial charge < -0.3 is 0 Å². The fourth-order valence-corrected chi connectivity index (χ4v) is 6.28. The van der Waals surface area contributed by atoms with E-state index in [1.54, 1.807) is 12.3 Å². The molecule has 4 fully saturated rings. The number of aromatic nitrogens is 1. The molecule has 1 aromatic carbocycles. The maximum absolute atomic E-state index is 12.7. The molecule has 0 radical (unpaired) electrons. The summed E-state index contributed by atoms with van der Waals surface area (Å²) in [6.45, 7) is 0. The van der Waals surface area contributed by atoms with Crippen LogP contribution in [0.4, 0.5) is 5.69 Å². The molecule has 1 aromatic heterocycles. The number of amides is 2. The molecule has 31 heavy (non-hydrogen) atoms. The molecule has 0 aliphatic heterocycles. The third-order valence-corrected chi connectivity index (χ3v) is 7.23. The Hall–Kier alpha value is -3.29. The van der Waals surface area contributed by atoms with Crippen LogP contribution in [0, 0.1) is 27.9 Å². The Labute approximate surface area is 179 Å². The largest absolute Gasteiger partial charge is 0.269 e. The summed E-state index contributed by atoms with van der Waals surface area (Å²) >= 11 is 0. The lowest BCUT2D eigenvalue weighted by molar-refractivity contribution is -0.384. The molecule has 0 saturated heterocycles. The van der Waals surface area contributed by atoms with Crippen LogP contribution in [0.15, 0.2) is 42.6 Å². The highest BCUT2D eigenvalue weighted by Gasteiger charge is 2.52. The molecule has 160 valence electrons. The SMILES string of the molecule is O=C(NNC(=O)c1ccnc(C23CC4CC(CC(C4)C2)C3)c1)c1ccc([N+](=O)[O-])cc1. The zero-order valence-corrected chi connectivity index (χ0v) is 17.0. The number of pyridine rings is 1. The number of nitrogens with one attached hydrogen (secondary N) is 2. The minimum absolute atomic E-state index is 0.0903. The fraction of sp³-hybridized carbons (Fsp3) is 0.435. The number of hydrazine groups is 1. The number of nitro benzene ring substituents is 1. The molecular formula is C23H24N4O4. The standard InChI is InChI=1S/C23H24N4O4/c28-21(17-1-3-19(4-2-17)27(30)31)25-26-22(29)18-5-6-24-20(10-18)23-11-14-7-15(12-23)9-16(8-14)13-23/h1-6,10,14-16H,7-9,11-13H2,(H,25,28)(H,26,29). The summed E-state index contributed by atoms with van der Waals surface area (Å²) in [6, 6.07) is 8.71. The van der Waals surface area contributed by atoms with Gasteiger partial charge in [0.15, 0.2) is 0 Å². The van der Waals surface area contributed by atoms with E-state index in [-0.39, 0.29) is 16.7 Å². The van der Waals surface area contributed by atoms with Crippen molar-refractivity contribution in [3.8, 4) is 0 Å². The van der Waals surface area contributed by atoms with E-state index in [4.69, 9.17) is 0 Å². The van der Waals surface area contributed by atoms with E-state index >= 15 is 0 Å². The van der Waals surface area contributed by atoms with Crippen molar-refractivity contribution >= 4 is 17.5 Å². The van der Waals surface area contributed by atoms with Gasteiger partial charge in [-0.2, -0.15) is 0 Å². The predicted molar refractivity (Wildman–Crippen MR) is 112 cm³/mol. The number of rotatable bonds is 4. The summed E-state index contributed by atoms with van der Waals surface area (Å²) in [4.78, 5) is 39.8. The average Bonchev–Trinajstić information content (AvgIpc) is 2.76. The maximum atomic E-state index is 12.7. The van der Waals surface area contributed by atoms with Gasteiger partial charge in [-0.3, -0.25) is 35.5 Å². The van der Waals surface area contributed by atoms with Crippen LogP contribution in [0.2, 0.25) is 0 Å². The smallest absolute Gasteiger partial charge is 0.267 e. The highest BCUT2D eigenvalue weighted by molar-refractivity contribution is 5.99. The van der Waals surface area contributed by atoms with Crippen molar-refractivity contribution in [2.75, 3.05) is 0 Å². The molecule has 4 aliphatic rings. The minimum Gasteiger partial charge on any atom is -0.267 e. The van der Waals surface area contributed by atoms with Gasteiger partial charge in [0, 0.05) is 40.6 Å². The second-order valence-corrected chi connectivity index (χ2v) is 9.34. The van der Waals surface area contributed by atoms with Crippen LogP contribution >= 0.6 is 0 Å². The highest BCUT2D eigenvalue weighted by Crippen LogP contribution is 2.60. The Kier molecular flexibility index (Phi) is 4.72. The number of benzene rings is 1. The lowest BCUT2D eigenvalue weighted by Crippen LogP contribution is -2.49. The molecular weight excluding hydrogens is 396 g/mol. The van der Waals surface area contributed by atoms with Crippen molar-refractivity contribution in [3.05, 3.63) is 69.5 Å². The van der Waals surface area contributed by atoms with Crippen LogP contribution in [0.3, 0.4) is 0 Å². The van der Waals surface area contributed by atoms with Gasteiger partial charge in [-0.25, -0.2) is 0 Å². The number of hydrogen-bond donors (Lipinski definition) is 2. The zero-order chi connectivity index (χ0) is 21.6. The molecule has 8 nitrogen and oxygen atoms in total. The molecule has 1 heterocycles. The van der Waals surface area contributed by atoms with Crippen molar-refractivity contribution < 1.29 is 14.5 Å². The normalized spacial score (nSPS) is 28.2. The second kappa shape index (κ2) is 7.44. The molecule has 4 saturated carbocycles. The summed E-state index contributed by atoms with van der Waals surface area (Å²) in [5.74, 6) is 1.40. The molecule has 2 N–H and O–H groups in total. The Bertz CT molecular complexity index is 1010. The molecule has 0 atom stereocenters. The van der Waals surface area contributed by atoms with Crippen molar-refractivity contribution in [2.24, 2.45) is 17.8 Å². The number of hydrogen-bond acceptors (Lipinski definition) is 5. The van der Waals surface area contributed by atoms with Crippen LogP contribution in [0.1, 0.15) is 64.9 Å². The van der Waals surface area contributed by atoms with Gasteiger partial charge in [0.2, 0.25) is 0 Å². The molecule has 4 aliphatic carbocycles. The van der Waals surface area contributed by atoms with Crippen molar-refractivity contribution in [1.82, 2.24) is 15.8 Å². The number of carbonyl (C=O) groups is 2. The summed E-state index contributed by atoms with van der Waals surface area (Å²) < 4.78 is 0. The Morgan fingerprint density at radius 2 is 1.45 bits per heavy atom. The van der Waals surface area contributed by atoms with Gasteiger partial charge in [-0.15, -0.1) is 0 Å². The first-order valence-electron chi connectivity index (χ1n) is 10.7. The third-order valence-electron chi connectivity index (χ3n) is 7.23. The van der Waals surface area contributed by atoms with Crippen LogP contribution in [-0.4, -0.2) is 21.7 Å². The second-order valence-electron chi connectivity index (χ2n) is 9.34. The van der Waals surface area contributed by atoms with Gasteiger partial charge in [0.05, 0.1) is 4.92 Å². The summed E-state index contributed by atoms with van der Waals surface area (Å²) in [5, 5.41) is 10.7. The summed E-state index contributed by atoms with van der Waals surface area (Å²) in [6.07, 6.45) is 9.19. The Morgan fingerprint density at radius 3 is 2.00 bits per heavy atom. The number of carbonyl (C=O) groups excluding carboxylic acids is 2. The van der Waals surface area contributed by atoms with E-state index in [0.717, 1.165) is 42.7 Å². The fourth-order valence-electron chi connectivity index (χ4n) is 6.28. The van der Waals surface area contributed by atoms with E-state index in [2.05, 4.69) is 15.8 Å². The molecule has 6 rings (SSSR count). The van der Waals surface area contributed by atoms with E-state index in [0.29, 0.717) is 5.56 Å². The number of nitrogens with zero attached hydrogens (tertiary/aromatic N) is 2. The summed E-state index contributed by atoms with van der Waals surface area (Å²) in [5.41, 5.74) is 6.48. The molecule has 2 aromatic rings. The van der Waals surface area contributed by atoms with E-state index in [1.165, 1.54) is 43.5 Å². The van der Waals surface area contributed by atoms with Crippen LogP contribution in [0.25, 0.3) is 0 Å². The third kappa shape index (κ3) is 3.66. The Morgan fingerprint density at radius 1 is 0.903 bits per heavy atom. The molecule has 0 unspecified atom stereocenters. The minimum atomic E-state index is -0.543. The average molecular weight is 420 g/mol. The zero-order valence-electron chi connectivity index (χ0n) is 17.0. The van der Waals surface area contributed by atoms with Crippen molar-refractivity contribution in [2.45, 2.75) is 43.9 Å². The van der Waals surface area contributed by atoms with Crippen LogP contribution in [0.5, 0.6) is 0 Å². The first kappa shape index (κ1) is 19.7. The molecule has 2 amide bonds. The van der Waals surface area contributed by atoms with Crippen LogP contribution in [-0.2, 0) is 5.41 Å². The maximum Gasteiger partial charge on any atom is 0.269 e. The lowest BCUT2D eigenvalue weighted by Gasteiger charge is -2.56. The summed E-state index contributed by atoms with van der Waals surface area (Å²) in [7, 11) is 0.